The Kier molecular flexibility index (Phi) is 4.41. The molecule has 0 amide bonds. The molecule has 1 atom stereocenters. The van der Waals surface area contributed by atoms with Crippen molar-refractivity contribution < 1.29 is 5.11 Å². The number of rotatable bonds is 1. The molecule has 4 heteroatoms. The summed E-state index contributed by atoms with van der Waals surface area (Å²) in [6.07, 6.45) is 8.57. The molecule has 1 unspecified atom stereocenters. The molecule has 3 nitrogen and oxygen atoms in total. The second-order valence-electron chi connectivity index (χ2n) is 1.50. The third-order valence-electron chi connectivity index (χ3n) is 0.905. The van der Waals surface area contributed by atoms with Crippen LogP contribution in [-0.4, -0.2) is 44.4 Å². The SMILES string of the molecule is [C]#CC(O)n1cccn1.[NaH]. The van der Waals surface area contributed by atoms with Gasteiger partial charge >= 0.3 is 29.6 Å². The Morgan fingerprint density at radius 1 is 1.70 bits per heavy atom. The van der Waals surface area contributed by atoms with Crippen molar-refractivity contribution in [3.63, 3.8) is 0 Å². The summed E-state index contributed by atoms with van der Waals surface area (Å²) in [7, 11) is 0. The Morgan fingerprint density at radius 2 is 2.40 bits per heavy atom. The van der Waals surface area contributed by atoms with Crippen molar-refractivity contribution in [3.8, 4) is 5.92 Å². The summed E-state index contributed by atoms with van der Waals surface area (Å²) >= 11 is 0. The first kappa shape index (κ1) is 9.73. The van der Waals surface area contributed by atoms with Gasteiger partial charge in [-0.2, -0.15) is 5.10 Å². The van der Waals surface area contributed by atoms with Gasteiger partial charge in [0.15, 0.2) is 0 Å². The van der Waals surface area contributed by atoms with E-state index >= 15 is 0 Å². The molecule has 1 radical (unpaired) electrons. The molecule has 1 aromatic rings. The number of hydrogen-bond donors (Lipinski definition) is 1. The molecule has 1 N–H and O–H groups in total. The number of nitrogens with zero attached hydrogens (tertiary/aromatic N) is 2. The Labute approximate surface area is 81.3 Å². The standard InChI is InChI=1S/C6H5N2O.Na.H/c1-2-6(9)8-5-3-4-7-8;;/h3-6,9H;;. The Balaban J connectivity index is 0.000000810. The Bertz CT molecular complexity index is 214. The van der Waals surface area contributed by atoms with Crippen molar-refractivity contribution >= 4 is 29.6 Å². The van der Waals surface area contributed by atoms with Crippen LogP contribution in [0, 0.1) is 12.3 Å². The van der Waals surface area contributed by atoms with Crippen molar-refractivity contribution in [2.24, 2.45) is 0 Å². The third kappa shape index (κ3) is 2.16. The van der Waals surface area contributed by atoms with Gasteiger partial charge in [-0.3, -0.25) is 0 Å². The van der Waals surface area contributed by atoms with Crippen LogP contribution in [0.4, 0.5) is 0 Å². The third-order valence-corrected chi connectivity index (χ3v) is 0.905. The topological polar surface area (TPSA) is 38.0 Å². The van der Waals surface area contributed by atoms with Crippen LogP contribution in [0.2, 0.25) is 0 Å². The van der Waals surface area contributed by atoms with E-state index in [1.54, 1.807) is 12.3 Å². The first-order chi connectivity index (χ1) is 4.34. The van der Waals surface area contributed by atoms with Crippen LogP contribution in [0.25, 0.3) is 0 Å². The van der Waals surface area contributed by atoms with E-state index in [1.807, 2.05) is 5.92 Å². The summed E-state index contributed by atoms with van der Waals surface area (Å²) in [5, 5.41) is 12.5. The fourth-order valence-electron chi connectivity index (χ4n) is 0.491. The van der Waals surface area contributed by atoms with Gasteiger partial charge in [0.25, 0.3) is 0 Å². The molecular formula is C6H6N2NaO. The van der Waals surface area contributed by atoms with Gasteiger partial charge in [0.05, 0.1) is 0 Å². The number of hydrogen-bond acceptors (Lipinski definition) is 2. The molecule has 0 aliphatic carbocycles. The van der Waals surface area contributed by atoms with Crippen LogP contribution < -0.4 is 0 Å². The van der Waals surface area contributed by atoms with Crippen LogP contribution in [0.3, 0.4) is 0 Å². The van der Waals surface area contributed by atoms with Crippen molar-refractivity contribution in [1.29, 1.82) is 0 Å². The minimum atomic E-state index is -1.04. The molecule has 0 bridgehead atoms. The fraction of sp³-hybridized carbons (Fsp3) is 0.167. The summed E-state index contributed by atoms with van der Waals surface area (Å²) in [6, 6.07) is 1.67. The van der Waals surface area contributed by atoms with Gasteiger partial charge in [-0.15, -0.1) is 0 Å². The minimum absolute atomic E-state index is 0. The zero-order valence-electron chi connectivity index (χ0n) is 4.65. The summed E-state index contributed by atoms with van der Waals surface area (Å²) in [5.74, 6) is 1.87. The number of aliphatic hydroxyl groups excluding tert-OH is 1. The van der Waals surface area contributed by atoms with E-state index in [2.05, 4.69) is 5.10 Å². The van der Waals surface area contributed by atoms with Gasteiger partial charge in [-0.25, -0.2) is 4.68 Å². The molecule has 0 saturated carbocycles. The predicted molar refractivity (Wildman–Crippen MR) is 37.8 cm³/mol. The molecule has 0 aliphatic heterocycles. The first-order valence-corrected chi connectivity index (χ1v) is 2.44. The monoisotopic (exact) mass is 145 g/mol. The predicted octanol–water partition coefficient (Wildman–Crippen LogP) is -0.685. The molecule has 0 aliphatic rings. The summed E-state index contributed by atoms with van der Waals surface area (Å²) < 4.78 is 1.23. The molecule has 0 fully saturated rings. The quantitative estimate of drug-likeness (QED) is 0.420. The Morgan fingerprint density at radius 3 is 2.80 bits per heavy atom. The van der Waals surface area contributed by atoms with E-state index < -0.39 is 6.23 Å². The molecule has 0 aromatic carbocycles. The molecule has 1 heterocycles. The maximum absolute atomic E-state index is 8.82. The zero-order chi connectivity index (χ0) is 6.69. The van der Waals surface area contributed by atoms with E-state index in [1.165, 1.54) is 10.9 Å². The summed E-state index contributed by atoms with van der Waals surface area (Å²) in [6.45, 7) is 0. The van der Waals surface area contributed by atoms with E-state index in [9.17, 15) is 0 Å². The number of aliphatic hydroxyl groups is 1. The van der Waals surface area contributed by atoms with E-state index in [4.69, 9.17) is 11.5 Å². The molecule has 0 spiro atoms. The number of aromatic nitrogens is 2. The van der Waals surface area contributed by atoms with Crippen LogP contribution >= 0.6 is 0 Å². The van der Waals surface area contributed by atoms with Gasteiger partial charge in [0.1, 0.15) is 0 Å². The Hall–Kier alpha value is -0.270. The second kappa shape index (κ2) is 4.53. The first-order valence-electron chi connectivity index (χ1n) is 2.44. The van der Waals surface area contributed by atoms with E-state index in [0.29, 0.717) is 0 Å². The average Bonchev–Trinajstić information content (AvgIpc) is 2.37. The maximum atomic E-state index is 8.82. The van der Waals surface area contributed by atoms with Crippen LogP contribution in [0.1, 0.15) is 6.23 Å². The van der Waals surface area contributed by atoms with Crippen LogP contribution in [0.5, 0.6) is 0 Å². The normalized spacial score (nSPS) is 11.2. The molecule has 1 rings (SSSR count). The van der Waals surface area contributed by atoms with Gasteiger partial charge < -0.3 is 5.11 Å². The van der Waals surface area contributed by atoms with Crippen LogP contribution in [0.15, 0.2) is 18.5 Å². The molecule has 47 valence electrons. The second-order valence-corrected chi connectivity index (χ2v) is 1.50. The van der Waals surface area contributed by atoms with Gasteiger partial charge in [-0.1, -0.05) is 0 Å². The molecule has 0 saturated heterocycles. The van der Waals surface area contributed by atoms with Gasteiger partial charge in [0, 0.05) is 12.4 Å². The van der Waals surface area contributed by atoms with E-state index in [0.717, 1.165) is 0 Å². The van der Waals surface area contributed by atoms with Crippen molar-refractivity contribution in [2.75, 3.05) is 0 Å². The average molecular weight is 145 g/mol. The van der Waals surface area contributed by atoms with Crippen molar-refractivity contribution in [1.82, 2.24) is 9.78 Å². The van der Waals surface area contributed by atoms with Crippen LogP contribution in [-0.2, 0) is 0 Å². The fourth-order valence-corrected chi connectivity index (χ4v) is 0.491. The van der Waals surface area contributed by atoms with Crippen molar-refractivity contribution in [2.45, 2.75) is 6.23 Å². The molecule has 1 aromatic heterocycles. The van der Waals surface area contributed by atoms with E-state index in [-0.39, 0.29) is 29.6 Å². The zero-order valence-corrected chi connectivity index (χ0v) is 4.65. The summed E-state index contributed by atoms with van der Waals surface area (Å²) in [5.41, 5.74) is 0. The molecule has 10 heavy (non-hydrogen) atoms. The van der Waals surface area contributed by atoms with Gasteiger partial charge in [0.2, 0.25) is 6.23 Å². The molecular weight excluding hydrogens is 139 g/mol. The van der Waals surface area contributed by atoms with Gasteiger partial charge in [-0.05, 0) is 18.4 Å². The summed E-state index contributed by atoms with van der Waals surface area (Å²) in [4.78, 5) is 0. The van der Waals surface area contributed by atoms with Crippen molar-refractivity contribution in [3.05, 3.63) is 24.9 Å².